The number of amides is 3. The smallest absolute Gasteiger partial charge is 0.238 e. The van der Waals surface area contributed by atoms with E-state index in [0.717, 1.165) is 6.42 Å². The first-order chi connectivity index (χ1) is 13.1. The molecule has 3 amide bonds. The van der Waals surface area contributed by atoms with Crippen molar-refractivity contribution in [2.24, 2.45) is 23.7 Å². The number of benzene rings is 1. The second-order valence-corrected chi connectivity index (χ2v) is 7.26. The lowest BCUT2D eigenvalue weighted by Gasteiger charge is -2.33. The number of nitrogens with one attached hydrogen (secondary N) is 1. The maximum absolute atomic E-state index is 13.2. The summed E-state index contributed by atoms with van der Waals surface area (Å²) >= 11 is 0. The van der Waals surface area contributed by atoms with Gasteiger partial charge >= 0.3 is 0 Å². The van der Waals surface area contributed by atoms with Crippen LogP contribution in [0.1, 0.15) is 19.8 Å². The molecule has 27 heavy (non-hydrogen) atoms. The summed E-state index contributed by atoms with van der Waals surface area (Å²) in [7, 11) is 0. The molecule has 0 bridgehead atoms. The van der Waals surface area contributed by atoms with Crippen LogP contribution in [0, 0.1) is 23.7 Å². The van der Waals surface area contributed by atoms with E-state index in [9.17, 15) is 14.4 Å². The summed E-state index contributed by atoms with van der Waals surface area (Å²) in [5, 5.41) is 2.80. The van der Waals surface area contributed by atoms with Gasteiger partial charge < -0.3 is 5.32 Å². The van der Waals surface area contributed by atoms with Gasteiger partial charge in [-0.3, -0.25) is 19.3 Å². The van der Waals surface area contributed by atoms with Gasteiger partial charge in [-0.15, -0.1) is 0 Å². The van der Waals surface area contributed by atoms with Gasteiger partial charge in [0.05, 0.1) is 23.4 Å². The number of hydrogen-bond acceptors (Lipinski definition) is 4. The highest BCUT2D eigenvalue weighted by Crippen LogP contribution is 2.46. The Labute approximate surface area is 157 Å². The maximum Gasteiger partial charge on any atom is 0.238 e. The zero-order chi connectivity index (χ0) is 19.0. The Morgan fingerprint density at radius 2 is 1.70 bits per heavy atom. The summed E-state index contributed by atoms with van der Waals surface area (Å²) in [4.78, 5) is 44.5. The fourth-order valence-electron chi connectivity index (χ4n) is 4.32. The quantitative estimate of drug-likeness (QED) is 0.851. The van der Waals surface area contributed by atoms with E-state index < -0.39 is 17.8 Å². The summed E-state index contributed by atoms with van der Waals surface area (Å²) in [6, 6.07) is 14.2. The van der Waals surface area contributed by atoms with E-state index in [0.29, 0.717) is 17.9 Å². The zero-order valence-corrected chi connectivity index (χ0v) is 15.0. The molecule has 1 aliphatic heterocycles. The van der Waals surface area contributed by atoms with E-state index >= 15 is 0 Å². The van der Waals surface area contributed by atoms with Crippen LogP contribution in [0.4, 0.5) is 11.5 Å². The van der Waals surface area contributed by atoms with E-state index in [4.69, 9.17) is 0 Å². The molecule has 1 N–H and O–H groups in total. The Morgan fingerprint density at radius 1 is 1.00 bits per heavy atom. The van der Waals surface area contributed by atoms with Crippen molar-refractivity contribution in [2.45, 2.75) is 19.8 Å². The summed E-state index contributed by atoms with van der Waals surface area (Å²) in [5.74, 6) is -1.79. The Balaban J connectivity index is 1.63. The molecule has 2 heterocycles. The molecule has 4 rings (SSSR count). The van der Waals surface area contributed by atoms with Gasteiger partial charge in [0, 0.05) is 6.20 Å². The molecule has 6 nitrogen and oxygen atoms in total. The molecular formula is C21H21N3O3. The second-order valence-electron chi connectivity index (χ2n) is 7.26. The van der Waals surface area contributed by atoms with Crippen molar-refractivity contribution in [3.05, 3.63) is 54.7 Å². The SMILES string of the molecule is C[C@@H]1CC[C@H](C(=O)Nc2ccccn2)[C@@H]2C(=O)N(c3ccccc3)C(=O)[C@@H]21. The number of fused-ring (bicyclic) bond motifs is 1. The lowest BCUT2D eigenvalue weighted by Crippen LogP contribution is -2.41. The van der Waals surface area contributed by atoms with E-state index in [1.165, 1.54) is 4.90 Å². The predicted octanol–water partition coefficient (Wildman–Crippen LogP) is 2.87. The highest BCUT2D eigenvalue weighted by molar-refractivity contribution is 6.23. The van der Waals surface area contributed by atoms with Crippen molar-refractivity contribution in [3.8, 4) is 0 Å². The van der Waals surface area contributed by atoms with Gasteiger partial charge in [0.25, 0.3) is 0 Å². The van der Waals surface area contributed by atoms with Gasteiger partial charge in [-0.05, 0) is 43.0 Å². The monoisotopic (exact) mass is 363 g/mol. The fraction of sp³-hybridized carbons (Fsp3) is 0.333. The molecular weight excluding hydrogens is 342 g/mol. The van der Waals surface area contributed by atoms with E-state index in [2.05, 4.69) is 10.3 Å². The zero-order valence-electron chi connectivity index (χ0n) is 15.0. The topological polar surface area (TPSA) is 79.4 Å². The molecule has 1 aliphatic carbocycles. The van der Waals surface area contributed by atoms with E-state index in [1.807, 2.05) is 13.0 Å². The lowest BCUT2D eigenvalue weighted by atomic mass is 9.68. The number of anilines is 2. The average Bonchev–Trinajstić information content (AvgIpc) is 2.95. The van der Waals surface area contributed by atoms with Gasteiger partial charge in [-0.1, -0.05) is 31.2 Å². The van der Waals surface area contributed by atoms with Gasteiger partial charge in [-0.25, -0.2) is 4.98 Å². The van der Waals surface area contributed by atoms with E-state index in [-0.39, 0.29) is 23.6 Å². The highest BCUT2D eigenvalue weighted by atomic mass is 16.2. The number of rotatable bonds is 3. The third kappa shape index (κ3) is 3.01. The van der Waals surface area contributed by atoms with Crippen LogP contribution in [-0.2, 0) is 14.4 Å². The number of nitrogens with zero attached hydrogens (tertiary/aromatic N) is 2. The summed E-state index contributed by atoms with van der Waals surface area (Å²) in [5.41, 5.74) is 0.568. The summed E-state index contributed by atoms with van der Waals surface area (Å²) in [6.07, 6.45) is 2.93. The lowest BCUT2D eigenvalue weighted by molar-refractivity contribution is -0.133. The number of hydrogen-bond donors (Lipinski definition) is 1. The van der Waals surface area contributed by atoms with Gasteiger partial charge in [0.2, 0.25) is 17.7 Å². The first-order valence-corrected chi connectivity index (χ1v) is 9.22. The van der Waals surface area contributed by atoms with Crippen LogP contribution in [0.5, 0.6) is 0 Å². The van der Waals surface area contributed by atoms with Crippen molar-refractivity contribution >= 4 is 29.2 Å². The molecule has 1 aromatic carbocycles. The van der Waals surface area contributed by atoms with Gasteiger partial charge in [-0.2, -0.15) is 0 Å². The molecule has 0 unspecified atom stereocenters. The van der Waals surface area contributed by atoms with Crippen LogP contribution in [0.3, 0.4) is 0 Å². The minimum Gasteiger partial charge on any atom is -0.310 e. The number of imide groups is 1. The third-order valence-corrected chi connectivity index (χ3v) is 5.64. The Kier molecular flexibility index (Phi) is 4.48. The van der Waals surface area contributed by atoms with Gasteiger partial charge in [0.1, 0.15) is 5.82 Å². The second kappa shape index (κ2) is 6.95. The average molecular weight is 363 g/mol. The molecule has 2 fully saturated rings. The Hall–Kier alpha value is -3.02. The first-order valence-electron chi connectivity index (χ1n) is 9.22. The molecule has 2 aliphatic rings. The standard InChI is InChI=1S/C21H21N3O3/c1-13-10-11-15(19(25)23-16-9-5-6-12-22-16)18-17(13)20(26)24(21(18)27)14-7-3-2-4-8-14/h2-9,12-13,15,17-18H,10-11H2,1H3,(H,22,23,25)/t13-,15+,17-,18+/m1/s1. The van der Waals surface area contributed by atoms with Crippen LogP contribution >= 0.6 is 0 Å². The predicted molar refractivity (Wildman–Crippen MR) is 101 cm³/mol. The first kappa shape index (κ1) is 17.4. The van der Waals surface area contributed by atoms with Crippen molar-refractivity contribution < 1.29 is 14.4 Å². The van der Waals surface area contributed by atoms with Crippen LogP contribution in [0.2, 0.25) is 0 Å². The fourth-order valence-corrected chi connectivity index (χ4v) is 4.32. The maximum atomic E-state index is 13.2. The molecule has 4 atom stereocenters. The summed E-state index contributed by atoms with van der Waals surface area (Å²) in [6.45, 7) is 1.99. The molecule has 1 saturated carbocycles. The number of para-hydroxylation sites is 1. The Morgan fingerprint density at radius 3 is 2.41 bits per heavy atom. The molecule has 6 heteroatoms. The number of carbonyl (C=O) groups is 3. The molecule has 138 valence electrons. The third-order valence-electron chi connectivity index (χ3n) is 5.64. The van der Waals surface area contributed by atoms with Crippen LogP contribution in [0.15, 0.2) is 54.7 Å². The van der Waals surface area contributed by atoms with Crippen LogP contribution in [0.25, 0.3) is 0 Å². The molecule has 0 spiro atoms. The number of aromatic nitrogens is 1. The van der Waals surface area contributed by atoms with Crippen molar-refractivity contribution in [3.63, 3.8) is 0 Å². The summed E-state index contributed by atoms with van der Waals surface area (Å²) < 4.78 is 0. The largest absolute Gasteiger partial charge is 0.310 e. The van der Waals surface area contributed by atoms with Crippen molar-refractivity contribution in [1.29, 1.82) is 0 Å². The Bertz CT molecular complexity index is 869. The van der Waals surface area contributed by atoms with Crippen molar-refractivity contribution in [1.82, 2.24) is 4.98 Å². The number of carbonyl (C=O) groups excluding carboxylic acids is 3. The van der Waals surface area contributed by atoms with Crippen LogP contribution in [-0.4, -0.2) is 22.7 Å². The van der Waals surface area contributed by atoms with Crippen LogP contribution < -0.4 is 10.2 Å². The molecule has 1 aromatic heterocycles. The van der Waals surface area contributed by atoms with Gasteiger partial charge in [0.15, 0.2) is 0 Å². The van der Waals surface area contributed by atoms with E-state index in [1.54, 1.807) is 48.7 Å². The normalized spacial score (nSPS) is 27.4. The molecule has 1 saturated heterocycles. The number of pyridine rings is 1. The minimum atomic E-state index is -0.620. The van der Waals surface area contributed by atoms with Crippen molar-refractivity contribution in [2.75, 3.05) is 10.2 Å². The minimum absolute atomic E-state index is 0.0686. The molecule has 2 aromatic rings. The molecule has 0 radical (unpaired) electrons. The highest BCUT2D eigenvalue weighted by Gasteiger charge is 2.56.